The molecule has 2 atom stereocenters. The van der Waals surface area contributed by atoms with E-state index < -0.39 is 23.9 Å². The van der Waals surface area contributed by atoms with Crippen molar-refractivity contribution in [3.8, 4) is 0 Å². The van der Waals surface area contributed by atoms with E-state index in [1.807, 2.05) is 13.8 Å². The Labute approximate surface area is 117 Å². The fourth-order valence-corrected chi connectivity index (χ4v) is 1.82. The lowest BCUT2D eigenvalue weighted by atomic mass is 10.1. The van der Waals surface area contributed by atoms with Crippen molar-refractivity contribution in [2.24, 2.45) is 17.4 Å². The molecular weight excluding hydrogens is 264 g/mol. The van der Waals surface area contributed by atoms with E-state index in [0.717, 1.165) is 0 Å². The standard InChI is InChI=1S/C12H22N4O4/c1-7(2)10(13)12(19)15-5-9(17)16-3-4-20-6-8(16)11(14)18/h7-8,10H,3-6,13H2,1-2H3,(H2,14,18)(H,15,19)/t8?,10-/m0/s1. The maximum Gasteiger partial charge on any atom is 0.242 e. The number of primary amides is 1. The number of morpholine rings is 1. The van der Waals surface area contributed by atoms with Gasteiger partial charge in [0.2, 0.25) is 17.7 Å². The zero-order valence-electron chi connectivity index (χ0n) is 11.8. The van der Waals surface area contributed by atoms with Gasteiger partial charge < -0.3 is 26.4 Å². The molecule has 1 unspecified atom stereocenters. The number of rotatable bonds is 5. The van der Waals surface area contributed by atoms with Crippen molar-refractivity contribution < 1.29 is 19.1 Å². The van der Waals surface area contributed by atoms with Crippen LogP contribution < -0.4 is 16.8 Å². The number of amides is 3. The SMILES string of the molecule is CC(C)[C@H](N)C(=O)NCC(=O)N1CCOCC1C(N)=O. The van der Waals surface area contributed by atoms with Gasteiger partial charge in [0, 0.05) is 6.54 Å². The summed E-state index contributed by atoms with van der Waals surface area (Å²) in [7, 11) is 0. The van der Waals surface area contributed by atoms with Crippen LogP contribution in [0.2, 0.25) is 0 Å². The van der Waals surface area contributed by atoms with Crippen LogP contribution in [0.15, 0.2) is 0 Å². The molecule has 1 saturated heterocycles. The molecule has 0 aliphatic carbocycles. The topological polar surface area (TPSA) is 128 Å². The highest BCUT2D eigenvalue weighted by Crippen LogP contribution is 2.06. The van der Waals surface area contributed by atoms with Crippen molar-refractivity contribution in [2.75, 3.05) is 26.3 Å². The van der Waals surface area contributed by atoms with Gasteiger partial charge in [-0.25, -0.2) is 0 Å². The van der Waals surface area contributed by atoms with Gasteiger partial charge in [0.15, 0.2) is 0 Å². The second-order valence-electron chi connectivity index (χ2n) is 5.07. The molecule has 1 heterocycles. The number of carbonyl (C=O) groups is 3. The van der Waals surface area contributed by atoms with E-state index in [1.54, 1.807) is 0 Å². The molecule has 5 N–H and O–H groups in total. The van der Waals surface area contributed by atoms with Crippen LogP contribution in [0.1, 0.15) is 13.8 Å². The Morgan fingerprint density at radius 1 is 1.40 bits per heavy atom. The quantitative estimate of drug-likeness (QED) is 0.528. The van der Waals surface area contributed by atoms with Crippen molar-refractivity contribution in [2.45, 2.75) is 25.9 Å². The smallest absolute Gasteiger partial charge is 0.242 e. The number of nitrogens with two attached hydrogens (primary N) is 2. The van der Waals surface area contributed by atoms with E-state index in [4.69, 9.17) is 16.2 Å². The van der Waals surface area contributed by atoms with E-state index in [2.05, 4.69) is 5.32 Å². The van der Waals surface area contributed by atoms with E-state index in [1.165, 1.54) is 4.90 Å². The van der Waals surface area contributed by atoms with Crippen LogP contribution in [-0.2, 0) is 19.1 Å². The molecule has 114 valence electrons. The first-order valence-electron chi connectivity index (χ1n) is 6.54. The van der Waals surface area contributed by atoms with Crippen molar-refractivity contribution >= 4 is 17.7 Å². The molecule has 20 heavy (non-hydrogen) atoms. The van der Waals surface area contributed by atoms with Crippen LogP contribution in [-0.4, -0.2) is 61.0 Å². The Hall–Kier alpha value is -1.67. The number of carbonyl (C=O) groups excluding carboxylic acids is 3. The third kappa shape index (κ3) is 4.17. The van der Waals surface area contributed by atoms with Gasteiger partial charge in [0.25, 0.3) is 0 Å². The van der Waals surface area contributed by atoms with Crippen molar-refractivity contribution in [1.82, 2.24) is 10.2 Å². The predicted octanol–water partition coefficient (Wildman–Crippen LogP) is -2.20. The fourth-order valence-electron chi connectivity index (χ4n) is 1.82. The number of hydrogen-bond acceptors (Lipinski definition) is 5. The summed E-state index contributed by atoms with van der Waals surface area (Å²) in [4.78, 5) is 36.3. The third-order valence-electron chi connectivity index (χ3n) is 3.21. The fraction of sp³-hybridized carbons (Fsp3) is 0.750. The Bertz CT molecular complexity index is 386. The zero-order chi connectivity index (χ0) is 15.3. The van der Waals surface area contributed by atoms with E-state index >= 15 is 0 Å². The van der Waals surface area contributed by atoms with Gasteiger partial charge in [0.05, 0.1) is 25.8 Å². The first-order chi connectivity index (χ1) is 9.34. The molecule has 1 aliphatic rings. The molecule has 1 rings (SSSR count). The molecule has 0 aromatic carbocycles. The molecule has 8 nitrogen and oxygen atoms in total. The number of hydrogen-bond donors (Lipinski definition) is 3. The summed E-state index contributed by atoms with van der Waals surface area (Å²) >= 11 is 0. The van der Waals surface area contributed by atoms with Gasteiger partial charge in [0.1, 0.15) is 6.04 Å². The molecule has 1 fully saturated rings. The lowest BCUT2D eigenvalue weighted by molar-refractivity contribution is -0.147. The molecule has 0 saturated carbocycles. The minimum atomic E-state index is -0.785. The highest BCUT2D eigenvalue weighted by atomic mass is 16.5. The second kappa shape index (κ2) is 7.20. The summed E-state index contributed by atoms with van der Waals surface area (Å²) in [5.41, 5.74) is 10.9. The van der Waals surface area contributed by atoms with Crippen molar-refractivity contribution in [3.05, 3.63) is 0 Å². The van der Waals surface area contributed by atoms with Crippen LogP contribution >= 0.6 is 0 Å². The summed E-state index contributed by atoms with van der Waals surface area (Å²) in [6, 6.07) is -1.45. The molecule has 8 heteroatoms. The van der Waals surface area contributed by atoms with Crippen LogP contribution in [0.3, 0.4) is 0 Å². The average molecular weight is 286 g/mol. The Morgan fingerprint density at radius 3 is 2.60 bits per heavy atom. The van der Waals surface area contributed by atoms with Crippen LogP contribution in [0.4, 0.5) is 0 Å². The minimum Gasteiger partial charge on any atom is -0.377 e. The summed E-state index contributed by atoms with van der Waals surface area (Å²) in [5.74, 6) is -1.41. The van der Waals surface area contributed by atoms with Crippen molar-refractivity contribution in [1.29, 1.82) is 0 Å². The molecule has 1 aliphatic heterocycles. The maximum absolute atomic E-state index is 12.0. The molecule has 0 bridgehead atoms. The maximum atomic E-state index is 12.0. The van der Waals surface area contributed by atoms with Gasteiger partial charge in [-0.2, -0.15) is 0 Å². The Morgan fingerprint density at radius 2 is 2.05 bits per heavy atom. The lowest BCUT2D eigenvalue weighted by Crippen LogP contribution is -2.57. The molecular formula is C12H22N4O4. The van der Waals surface area contributed by atoms with Gasteiger partial charge in [-0.3, -0.25) is 14.4 Å². The van der Waals surface area contributed by atoms with Crippen LogP contribution in [0.25, 0.3) is 0 Å². The molecule has 0 aromatic heterocycles. The third-order valence-corrected chi connectivity index (χ3v) is 3.21. The van der Waals surface area contributed by atoms with E-state index in [9.17, 15) is 14.4 Å². The largest absolute Gasteiger partial charge is 0.377 e. The monoisotopic (exact) mass is 286 g/mol. The Kier molecular flexibility index (Phi) is 5.90. The molecule has 0 aromatic rings. The van der Waals surface area contributed by atoms with E-state index in [0.29, 0.717) is 6.61 Å². The molecule has 0 radical (unpaired) electrons. The predicted molar refractivity (Wildman–Crippen MR) is 71.3 cm³/mol. The Balaban J connectivity index is 2.53. The number of nitrogens with one attached hydrogen (secondary N) is 1. The lowest BCUT2D eigenvalue weighted by Gasteiger charge is -2.33. The highest BCUT2D eigenvalue weighted by Gasteiger charge is 2.31. The summed E-state index contributed by atoms with van der Waals surface area (Å²) in [6.45, 7) is 4.13. The van der Waals surface area contributed by atoms with Crippen molar-refractivity contribution in [3.63, 3.8) is 0 Å². The van der Waals surface area contributed by atoms with Gasteiger partial charge in [-0.15, -0.1) is 0 Å². The van der Waals surface area contributed by atoms with Crippen LogP contribution in [0, 0.1) is 5.92 Å². The second-order valence-corrected chi connectivity index (χ2v) is 5.07. The van der Waals surface area contributed by atoms with Gasteiger partial charge >= 0.3 is 0 Å². The summed E-state index contributed by atoms with van der Waals surface area (Å²) in [5, 5.41) is 2.47. The highest BCUT2D eigenvalue weighted by molar-refractivity contribution is 5.90. The first kappa shape index (κ1) is 16.4. The normalized spacial score (nSPS) is 20.6. The number of nitrogens with zero attached hydrogens (tertiary/aromatic N) is 1. The van der Waals surface area contributed by atoms with E-state index in [-0.39, 0.29) is 31.5 Å². The minimum absolute atomic E-state index is 0.0214. The molecule has 0 spiro atoms. The zero-order valence-corrected chi connectivity index (χ0v) is 11.8. The number of ether oxygens (including phenoxy) is 1. The average Bonchev–Trinajstić information content (AvgIpc) is 2.43. The van der Waals surface area contributed by atoms with Gasteiger partial charge in [-0.1, -0.05) is 13.8 Å². The summed E-state index contributed by atoms with van der Waals surface area (Å²) < 4.78 is 5.12. The summed E-state index contributed by atoms with van der Waals surface area (Å²) in [6.07, 6.45) is 0. The van der Waals surface area contributed by atoms with Crippen LogP contribution in [0.5, 0.6) is 0 Å². The van der Waals surface area contributed by atoms with Gasteiger partial charge in [-0.05, 0) is 5.92 Å². The first-order valence-corrected chi connectivity index (χ1v) is 6.54. The molecule has 3 amide bonds.